The molecule has 0 spiro atoms. The van der Waals surface area contributed by atoms with Crippen molar-refractivity contribution in [3.8, 4) is 0 Å². The van der Waals surface area contributed by atoms with Gasteiger partial charge in [0.05, 0.1) is 6.04 Å². The molecule has 0 bridgehead atoms. The molecule has 1 rings (SSSR count). The lowest BCUT2D eigenvalue weighted by atomic mass is 9.98. The summed E-state index contributed by atoms with van der Waals surface area (Å²) < 4.78 is 86.0. The molecule has 0 aliphatic heterocycles. The van der Waals surface area contributed by atoms with Crippen LogP contribution in [0, 0.1) is 5.92 Å². The Morgan fingerprint density at radius 2 is 1.44 bits per heavy atom. The number of rotatable bonds is 4. The van der Waals surface area contributed by atoms with Gasteiger partial charge in [-0.25, -0.2) is 0 Å². The third-order valence-electron chi connectivity index (χ3n) is 2.52. The SMILES string of the molecule is N[C@@H](CC1CC1)C(F)(F)C(F)(F)C(F)(F)F. The van der Waals surface area contributed by atoms with Crippen molar-refractivity contribution in [3.05, 3.63) is 0 Å². The Labute approximate surface area is 86.8 Å². The highest BCUT2D eigenvalue weighted by Gasteiger charge is 2.74. The van der Waals surface area contributed by atoms with Crippen molar-refractivity contribution in [3.63, 3.8) is 0 Å². The fraction of sp³-hybridized carbons (Fsp3) is 1.00. The Morgan fingerprint density at radius 1 is 1.00 bits per heavy atom. The van der Waals surface area contributed by atoms with Gasteiger partial charge in [-0.2, -0.15) is 30.7 Å². The van der Waals surface area contributed by atoms with E-state index >= 15 is 0 Å². The summed E-state index contributed by atoms with van der Waals surface area (Å²) in [7, 11) is 0. The fourth-order valence-corrected chi connectivity index (χ4v) is 1.28. The van der Waals surface area contributed by atoms with Gasteiger partial charge in [0.15, 0.2) is 0 Å². The number of hydrogen-bond donors (Lipinski definition) is 1. The Morgan fingerprint density at radius 3 is 1.75 bits per heavy atom. The zero-order valence-electron chi connectivity index (χ0n) is 8.00. The maximum absolute atomic E-state index is 12.9. The molecule has 16 heavy (non-hydrogen) atoms. The summed E-state index contributed by atoms with van der Waals surface area (Å²) in [5.74, 6) is -11.6. The first-order chi connectivity index (χ1) is 7.00. The summed E-state index contributed by atoms with van der Waals surface area (Å²) in [5.41, 5.74) is 4.75. The molecule has 1 aliphatic carbocycles. The number of hydrogen-bond acceptors (Lipinski definition) is 1. The second-order valence-electron chi connectivity index (χ2n) is 3.98. The second kappa shape index (κ2) is 3.75. The topological polar surface area (TPSA) is 26.0 Å². The molecule has 0 unspecified atom stereocenters. The van der Waals surface area contributed by atoms with Crippen LogP contribution in [0.5, 0.6) is 0 Å². The first kappa shape index (κ1) is 13.5. The molecule has 0 amide bonds. The Kier molecular flexibility index (Phi) is 3.17. The summed E-state index contributed by atoms with van der Waals surface area (Å²) in [6.45, 7) is 0. The lowest BCUT2D eigenvalue weighted by molar-refractivity contribution is -0.358. The highest BCUT2D eigenvalue weighted by molar-refractivity contribution is 4.99. The molecule has 1 aliphatic rings. The largest absolute Gasteiger partial charge is 0.459 e. The van der Waals surface area contributed by atoms with Crippen molar-refractivity contribution >= 4 is 0 Å². The van der Waals surface area contributed by atoms with Gasteiger partial charge in [-0.15, -0.1) is 0 Å². The Hall–Kier alpha value is -0.530. The minimum absolute atomic E-state index is 0.259. The average Bonchev–Trinajstić information content (AvgIpc) is 2.85. The summed E-state index contributed by atoms with van der Waals surface area (Å²) in [4.78, 5) is 0. The van der Waals surface area contributed by atoms with Gasteiger partial charge in [-0.05, 0) is 12.3 Å². The van der Waals surface area contributed by atoms with Gasteiger partial charge in [0.2, 0.25) is 0 Å². The van der Waals surface area contributed by atoms with E-state index in [0.29, 0.717) is 12.8 Å². The highest BCUT2D eigenvalue weighted by atomic mass is 19.4. The van der Waals surface area contributed by atoms with Gasteiger partial charge < -0.3 is 5.73 Å². The highest BCUT2D eigenvalue weighted by Crippen LogP contribution is 2.49. The van der Waals surface area contributed by atoms with Gasteiger partial charge >= 0.3 is 18.0 Å². The molecule has 0 saturated heterocycles. The third-order valence-corrected chi connectivity index (χ3v) is 2.52. The molecule has 96 valence electrons. The minimum atomic E-state index is -6.29. The lowest BCUT2D eigenvalue weighted by Crippen LogP contribution is -2.60. The van der Waals surface area contributed by atoms with E-state index in [9.17, 15) is 30.7 Å². The average molecular weight is 253 g/mol. The number of halogens is 7. The van der Waals surface area contributed by atoms with E-state index in [1.54, 1.807) is 0 Å². The summed E-state index contributed by atoms with van der Waals surface area (Å²) in [5, 5.41) is 0. The van der Waals surface area contributed by atoms with Crippen LogP contribution in [-0.2, 0) is 0 Å². The molecule has 1 fully saturated rings. The molecular formula is C8H10F7N. The van der Waals surface area contributed by atoms with Crippen LogP contribution in [0.4, 0.5) is 30.7 Å². The van der Waals surface area contributed by atoms with Crippen LogP contribution in [0.1, 0.15) is 19.3 Å². The molecule has 0 aromatic rings. The van der Waals surface area contributed by atoms with Crippen molar-refractivity contribution in [1.82, 2.24) is 0 Å². The van der Waals surface area contributed by atoms with Crippen molar-refractivity contribution in [2.24, 2.45) is 11.7 Å². The Balaban J connectivity index is 2.80. The van der Waals surface area contributed by atoms with Crippen LogP contribution in [0.3, 0.4) is 0 Å². The molecule has 1 atom stereocenters. The summed E-state index contributed by atoms with van der Waals surface area (Å²) in [6, 6.07) is -2.48. The number of alkyl halides is 7. The van der Waals surface area contributed by atoms with Crippen LogP contribution < -0.4 is 5.73 Å². The first-order valence-corrected chi connectivity index (χ1v) is 4.58. The molecule has 0 heterocycles. The predicted molar refractivity (Wildman–Crippen MR) is 41.3 cm³/mol. The van der Waals surface area contributed by atoms with Crippen LogP contribution in [0.25, 0.3) is 0 Å². The van der Waals surface area contributed by atoms with Gasteiger partial charge in [-0.3, -0.25) is 0 Å². The van der Waals surface area contributed by atoms with E-state index in [0.717, 1.165) is 0 Å². The quantitative estimate of drug-likeness (QED) is 0.766. The lowest BCUT2D eigenvalue weighted by Gasteiger charge is -2.32. The van der Waals surface area contributed by atoms with Crippen LogP contribution in [0.2, 0.25) is 0 Å². The predicted octanol–water partition coefficient (Wildman–Crippen LogP) is 2.95. The summed E-state index contributed by atoms with van der Waals surface area (Å²) >= 11 is 0. The van der Waals surface area contributed by atoms with Crippen molar-refractivity contribution in [2.75, 3.05) is 0 Å². The maximum Gasteiger partial charge on any atom is 0.459 e. The van der Waals surface area contributed by atoms with Crippen LogP contribution in [-0.4, -0.2) is 24.1 Å². The molecule has 2 N–H and O–H groups in total. The zero-order valence-corrected chi connectivity index (χ0v) is 8.00. The zero-order chi connectivity index (χ0) is 12.8. The molecule has 8 heteroatoms. The standard InChI is InChI=1S/C8H10F7N/c9-6(10,5(16)3-4-1-2-4)7(11,12)8(13,14)15/h4-5H,1-3,16H2/t5-/m0/s1. The van der Waals surface area contributed by atoms with Crippen LogP contribution in [0.15, 0.2) is 0 Å². The number of nitrogens with two attached hydrogens (primary N) is 1. The first-order valence-electron chi connectivity index (χ1n) is 4.58. The molecular weight excluding hydrogens is 243 g/mol. The van der Waals surface area contributed by atoms with E-state index in [-0.39, 0.29) is 5.92 Å². The van der Waals surface area contributed by atoms with Gasteiger partial charge in [0.1, 0.15) is 0 Å². The van der Waals surface area contributed by atoms with E-state index in [1.165, 1.54) is 0 Å². The monoisotopic (exact) mass is 253 g/mol. The maximum atomic E-state index is 12.9. The fourth-order valence-electron chi connectivity index (χ4n) is 1.28. The smallest absolute Gasteiger partial charge is 0.322 e. The molecule has 1 nitrogen and oxygen atoms in total. The van der Waals surface area contributed by atoms with Crippen molar-refractivity contribution in [1.29, 1.82) is 0 Å². The summed E-state index contributed by atoms with van der Waals surface area (Å²) in [6.07, 6.45) is -5.72. The van der Waals surface area contributed by atoms with Gasteiger partial charge in [-0.1, -0.05) is 12.8 Å². The normalized spacial score (nSPS) is 21.0. The minimum Gasteiger partial charge on any atom is -0.322 e. The van der Waals surface area contributed by atoms with Crippen molar-refractivity contribution in [2.45, 2.75) is 43.3 Å². The van der Waals surface area contributed by atoms with Crippen molar-refractivity contribution < 1.29 is 30.7 Å². The second-order valence-corrected chi connectivity index (χ2v) is 3.98. The molecule has 0 radical (unpaired) electrons. The van der Waals surface area contributed by atoms with E-state index in [2.05, 4.69) is 0 Å². The van der Waals surface area contributed by atoms with Crippen LogP contribution >= 0.6 is 0 Å². The Bertz CT molecular complexity index is 256. The van der Waals surface area contributed by atoms with Gasteiger partial charge in [0.25, 0.3) is 0 Å². The van der Waals surface area contributed by atoms with Gasteiger partial charge in [0, 0.05) is 0 Å². The van der Waals surface area contributed by atoms with E-state index in [1.807, 2.05) is 0 Å². The molecule has 0 aromatic carbocycles. The molecule has 0 aromatic heterocycles. The van der Waals surface area contributed by atoms with E-state index < -0.39 is 30.5 Å². The van der Waals surface area contributed by atoms with E-state index in [4.69, 9.17) is 5.73 Å². The third kappa shape index (κ3) is 2.26. The molecule has 1 saturated carbocycles.